The highest BCUT2D eigenvalue weighted by Gasteiger charge is 2.14. The first-order chi connectivity index (χ1) is 7.27. The first-order valence-electron chi connectivity index (χ1n) is 4.40. The molecule has 0 saturated carbocycles. The van der Waals surface area contributed by atoms with Gasteiger partial charge >= 0.3 is 0 Å². The van der Waals surface area contributed by atoms with E-state index in [0.717, 1.165) is 20.4 Å². The van der Waals surface area contributed by atoms with Gasteiger partial charge in [-0.2, -0.15) is 4.99 Å². The van der Waals surface area contributed by atoms with E-state index in [4.69, 9.17) is 0 Å². The lowest BCUT2D eigenvalue weighted by Crippen LogP contribution is -1.97. The van der Waals surface area contributed by atoms with Gasteiger partial charge in [0.1, 0.15) is 4.38 Å². The Labute approximate surface area is 105 Å². The summed E-state index contributed by atoms with van der Waals surface area (Å²) in [6.07, 6.45) is 0. The third kappa shape index (κ3) is 2.86. The van der Waals surface area contributed by atoms with Crippen molar-refractivity contribution < 1.29 is 4.79 Å². The first-order valence-corrected chi connectivity index (χ1v) is 7.17. The number of carbonyl (C=O) groups excluding carboxylic acids is 1. The van der Waals surface area contributed by atoms with Crippen LogP contribution in [0.25, 0.3) is 0 Å². The summed E-state index contributed by atoms with van der Waals surface area (Å²) in [5.41, 5.74) is 0.623. The average Bonchev–Trinajstić information content (AvgIpc) is 2.71. The Morgan fingerprint density at radius 1 is 1.27 bits per heavy atom. The van der Waals surface area contributed by atoms with Gasteiger partial charge in [0.05, 0.1) is 5.56 Å². The summed E-state index contributed by atoms with van der Waals surface area (Å²) in [5, 5.41) is 0. The van der Waals surface area contributed by atoms with Crippen LogP contribution in [0.4, 0.5) is 0 Å². The number of thioether (sulfide) groups is 2. The monoisotopic (exact) mass is 301 g/mol. The predicted octanol–water partition coefficient (Wildman–Crippen LogP) is 3.43. The molecule has 0 N–H and O–H groups in total. The van der Waals surface area contributed by atoms with E-state index in [1.807, 2.05) is 18.2 Å². The summed E-state index contributed by atoms with van der Waals surface area (Å²) in [5.74, 6) is 1.93. The third-order valence-corrected chi connectivity index (χ3v) is 4.98. The van der Waals surface area contributed by atoms with Crippen LogP contribution >= 0.6 is 39.5 Å². The summed E-state index contributed by atoms with van der Waals surface area (Å²) in [6, 6.07) is 7.35. The van der Waals surface area contributed by atoms with E-state index in [0.29, 0.717) is 5.56 Å². The number of carbonyl (C=O) groups is 1. The first kappa shape index (κ1) is 11.2. The lowest BCUT2D eigenvalue weighted by molar-refractivity contribution is 0.100. The molecule has 1 saturated heterocycles. The number of hydrogen-bond donors (Lipinski definition) is 0. The minimum atomic E-state index is -0.167. The van der Waals surface area contributed by atoms with Crippen molar-refractivity contribution in [2.45, 2.75) is 0 Å². The molecule has 78 valence electrons. The highest BCUT2D eigenvalue weighted by atomic mass is 79.9. The number of rotatable bonds is 1. The molecule has 0 unspecified atom stereocenters. The highest BCUT2D eigenvalue weighted by Crippen LogP contribution is 2.27. The normalized spacial score (nSPS) is 15.4. The topological polar surface area (TPSA) is 29.4 Å². The summed E-state index contributed by atoms with van der Waals surface area (Å²) in [6.45, 7) is 0. The van der Waals surface area contributed by atoms with Gasteiger partial charge in [-0.3, -0.25) is 4.79 Å². The molecule has 0 aliphatic carbocycles. The number of amides is 1. The van der Waals surface area contributed by atoms with Crippen molar-refractivity contribution >= 4 is 49.7 Å². The molecule has 0 radical (unpaired) electrons. The molecule has 0 bridgehead atoms. The molecular weight excluding hydrogens is 294 g/mol. The number of benzene rings is 1. The minimum absolute atomic E-state index is 0.167. The smallest absolute Gasteiger partial charge is 0.267 e. The standard InChI is InChI=1S/C10H8BrNOS2/c11-8-4-2-1-3-7(8)9(13)12-10-14-5-6-15-10/h1-4H,5-6H2. The van der Waals surface area contributed by atoms with E-state index in [1.54, 1.807) is 29.6 Å². The molecule has 2 nitrogen and oxygen atoms in total. The second-order valence-electron chi connectivity index (χ2n) is 2.86. The zero-order valence-electron chi connectivity index (χ0n) is 7.77. The lowest BCUT2D eigenvalue weighted by atomic mass is 10.2. The van der Waals surface area contributed by atoms with E-state index < -0.39 is 0 Å². The fourth-order valence-electron chi connectivity index (χ4n) is 1.14. The van der Waals surface area contributed by atoms with Gasteiger partial charge in [-0.15, -0.1) is 0 Å². The van der Waals surface area contributed by atoms with Crippen molar-refractivity contribution in [1.29, 1.82) is 0 Å². The van der Waals surface area contributed by atoms with Gasteiger partial charge in [0.2, 0.25) is 0 Å². The number of hydrogen-bond acceptors (Lipinski definition) is 3. The van der Waals surface area contributed by atoms with Crippen LogP contribution in [-0.2, 0) is 0 Å². The fourth-order valence-corrected chi connectivity index (χ4v) is 3.74. The summed E-state index contributed by atoms with van der Waals surface area (Å²) >= 11 is 6.64. The molecule has 15 heavy (non-hydrogen) atoms. The van der Waals surface area contributed by atoms with E-state index >= 15 is 0 Å². The van der Waals surface area contributed by atoms with Crippen molar-refractivity contribution in [2.75, 3.05) is 11.5 Å². The van der Waals surface area contributed by atoms with Crippen molar-refractivity contribution in [1.82, 2.24) is 0 Å². The lowest BCUT2D eigenvalue weighted by Gasteiger charge is -1.99. The van der Waals surface area contributed by atoms with Crippen LogP contribution in [0.1, 0.15) is 10.4 Å². The van der Waals surface area contributed by atoms with Crippen molar-refractivity contribution in [3.8, 4) is 0 Å². The highest BCUT2D eigenvalue weighted by molar-refractivity contribution is 9.10. The average molecular weight is 302 g/mol. The van der Waals surface area contributed by atoms with Crippen molar-refractivity contribution in [2.24, 2.45) is 4.99 Å². The van der Waals surface area contributed by atoms with Crippen LogP contribution in [0.2, 0.25) is 0 Å². The Morgan fingerprint density at radius 2 is 1.93 bits per heavy atom. The molecular formula is C10H8BrNOS2. The molecule has 1 aromatic carbocycles. The summed E-state index contributed by atoms with van der Waals surface area (Å²) < 4.78 is 1.68. The van der Waals surface area contributed by atoms with Gasteiger partial charge < -0.3 is 0 Å². The molecule has 1 amide bonds. The van der Waals surface area contributed by atoms with E-state index in [1.165, 1.54) is 0 Å². The van der Waals surface area contributed by atoms with E-state index in [9.17, 15) is 4.79 Å². The molecule has 1 aliphatic rings. The number of halogens is 1. The molecule has 1 aromatic rings. The van der Waals surface area contributed by atoms with Crippen LogP contribution in [0, 0.1) is 0 Å². The molecule has 2 rings (SSSR count). The van der Waals surface area contributed by atoms with Gasteiger partial charge in [0, 0.05) is 16.0 Å². The van der Waals surface area contributed by atoms with Crippen LogP contribution < -0.4 is 0 Å². The predicted molar refractivity (Wildman–Crippen MR) is 70.8 cm³/mol. The summed E-state index contributed by atoms with van der Waals surface area (Å²) in [4.78, 5) is 15.9. The fraction of sp³-hybridized carbons (Fsp3) is 0.200. The van der Waals surface area contributed by atoms with Crippen molar-refractivity contribution in [3.05, 3.63) is 34.3 Å². The number of nitrogens with zero attached hydrogens (tertiary/aromatic N) is 1. The van der Waals surface area contributed by atoms with Crippen LogP contribution in [0.5, 0.6) is 0 Å². The van der Waals surface area contributed by atoms with Gasteiger partial charge in [-0.05, 0) is 28.1 Å². The van der Waals surface area contributed by atoms with Gasteiger partial charge in [-0.25, -0.2) is 0 Å². The largest absolute Gasteiger partial charge is 0.279 e. The van der Waals surface area contributed by atoms with Gasteiger partial charge in [0.25, 0.3) is 5.91 Å². The Kier molecular flexibility index (Phi) is 3.88. The van der Waals surface area contributed by atoms with Crippen LogP contribution in [-0.4, -0.2) is 21.8 Å². The third-order valence-electron chi connectivity index (χ3n) is 1.83. The maximum absolute atomic E-state index is 11.8. The molecule has 0 atom stereocenters. The Morgan fingerprint density at radius 3 is 2.60 bits per heavy atom. The van der Waals surface area contributed by atoms with Crippen LogP contribution in [0.15, 0.2) is 33.7 Å². The Bertz CT molecular complexity index is 412. The maximum atomic E-state index is 11.8. The molecule has 0 spiro atoms. The molecule has 1 fully saturated rings. The Hall–Kier alpha value is -0.260. The zero-order chi connectivity index (χ0) is 10.7. The summed E-state index contributed by atoms with van der Waals surface area (Å²) in [7, 11) is 0. The molecule has 0 aromatic heterocycles. The SMILES string of the molecule is O=C(N=C1SCCS1)c1ccccc1Br. The van der Waals surface area contributed by atoms with Gasteiger partial charge in [0.15, 0.2) is 0 Å². The maximum Gasteiger partial charge on any atom is 0.279 e. The quantitative estimate of drug-likeness (QED) is 0.796. The molecule has 1 aliphatic heterocycles. The second kappa shape index (κ2) is 5.18. The minimum Gasteiger partial charge on any atom is -0.267 e. The second-order valence-corrected chi connectivity index (χ2v) is 6.14. The van der Waals surface area contributed by atoms with Gasteiger partial charge in [-0.1, -0.05) is 35.7 Å². The molecule has 5 heteroatoms. The Balaban J connectivity index is 2.21. The molecule has 1 heterocycles. The van der Waals surface area contributed by atoms with E-state index in [2.05, 4.69) is 20.9 Å². The van der Waals surface area contributed by atoms with Crippen LogP contribution in [0.3, 0.4) is 0 Å². The van der Waals surface area contributed by atoms with Crippen molar-refractivity contribution in [3.63, 3.8) is 0 Å². The zero-order valence-corrected chi connectivity index (χ0v) is 11.0. The number of aliphatic imine (C=N–C) groups is 1. The van der Waals surface area contributed by atoms with E-state index in [-0.39, 0.29) is 5.91 Å².